The molecule has 148 valence electrons. The Morgan fingerprint density at radius 3 is 2.83 bits per heavy atom. The molecule has 1 aliphatic heterocycles. The molecular formula is C22H24N6O. The number of carbonyl (C=O) groups excluding carboxylic acids is 1. The monoisotopic (exact) mass is 388 g/mol. The highest BCUT2D eigenvalue weighted by Gasteiger charge is 2.30. The van der Waals surface area contributed by atoms with Gasteiger partial charge in [-0.05, 0) is 68.8 Å². The fourth-order valence-electron chi connectivity index (χ4n) is 3.82. The number of H-pyrrole nitrogens is 1. The summed E-state index contributed by atoms with van der Waals surface area (Å²) in [6.45, 7) is 2.95. The summed E-state index contributed by atoms with van der Waals surface area (Å²) in [5.74, 6) is 0.937. The van der Waals surface area contributed by atoms with Gasteiger partial charge in [0.2, 0.25) is 0 Å². The Bertz CT molecular complexity index is 1070. The number of aromatic nitrogens is 2. The van der Waals surface area contributed by atoms with Crippen molar-refractivity contribution in [1.29, 1.82) is 5.26 Å². The van der Waals surface area contributed by atoms with Gasteiger partial charge in [0, 0.05) is 18.3 Å². The van der Waals surface area contributed by atoms with Crippen molar-refractivity contribution in [1.82, 2.24) is 20.2 Å². The minimum atomic E-state index is -0.233. The van der Waals surface area contributed by atoms with E-state index >= 15 is 0 Å². The number of hydrogen-bond donors (Lipinski definition) is 3. The summed E-state index contributed by atoms with van der Waals surface area (Å²) in [5, 5.41) is 14.8. The van der Waals surface area contributed by atoms with Gasteiger partial charge in [0.25, 0.3) is 0 Å². The van der Waals surface area contributed by atoms with Crippen LogP contribution in [0.15, 0.2) is 42.5 Å². The summed E-state index contributed by atoms with van der Waals surface area (Å²) in [7, 11) is 2.09. The van der Waals surface area contributed by atoms with Crippen LogP contribution in [0, 0.1) is 18.3 Å². The molecular weight excluding hydrogens is 364 g/mol. The van der Waals surface area contributed by atoms with Crippen LogP contribution in [-0.2, 0) is 0 Å². The fourth-order valence-corrected chi connectivity index (χ4v) is 3.82. The van der Waals surface area contributed by atoms with Crippen LogP contribution in [0.25, 0.3) is 11.0 Å². The number of aryl methyl sites for hydroxylation is 1. The normalized spacial score (nSPS) is 19.6. The summed E-state index contributed by atoms with van der Waals surface area (Å²) >= 11 is 0. The van der Waals surface area contributed by atoms with E-state index in [2.05, 4.69) is 52.7 Å². The zero-order valence-corrected chi connectivity index (χ0v) is 16.6. The fraction of sp³-hybridized carbons (Fsp3) is 0.318. The lowest BCUT2D eigenvalue weighted by atomic mass is 9.97. The second-order valence-corrected chi connectivity index (χ2v) is 7.65. The molecule has 1 fully saturated rings. The lowest BCUT2D eigenvalue weighted by Gasteiger charge is -2.36. The minimum absolute atomic E-state index is 0.0598. The highest BCUT2D eigenvalue weighted by atomic mass is 16.2. The van der Waals surface area contributed by atoms with Gasteiger partial charge in [0.05, 0.1) is 28.7 Å². The van der Waals surface area contributed by atoms with Crippen LogP contribution in [-0.4, -0.2) is 40.5 Å². The maximum absolute atomic E-state index is 12.4. The van der Waals surface area contributed by atoms with Crippen LogP contribution in [0.1, 0.15) is 35.8 Å². The molecule has 2 atom stereocenters. The van der Waals surface area contributed by atoms with Gasteiger partial charge in [-0.25, -0.2) is 9.78 Å². The first-order valence-electron chi connectivity index (χ1n) is 9.76. The largest absolute Gasteiger partial charge is 0.341 e. The van der Waals surface area contributed by atoms with Crippen molar-refractivity contribution in [3.8, 4) is 6.07 Å². The third kappa shape index (κ3) is 4.23. The average molecular weight is 388 g/mol. The van der Waals surface area contributed by atoms with Gasteiger partial charge in [0.1, 0.15) is 5.82 Å². The summed E-state index contributed by atoms with van der Waals surface area (Å²) in [6.07, 6.45) is 1.67. The Labute approximate surface area is 169 Å². The van der Waals surface area contributed by atoms with Crippen molar-refractivity contribution in [2.45, 2.75) is 31.8 Å². The van der Waals surface area contributed by atoms with Crippen molar-refractivity contribution < 1.29 is 4.79 Å². The highest BCUT2D eigenvalue weighted by molar-refractivity contribution is 5.89. The van der Waals surface area contributed by atoms with Crippen molar-refractivity contribution in [2.75, 3.05) is 18.9 Å². The van der Waals surface area contributed by atoms with Gasteiger partial charge < -0.3 is 15.6 Å². The number of nitrogens with one attached hydrogen (secondary N) is 3. The predicted molar refractivity (Wildman–Crippen MR) is 113 cm³/mol. The topological polar surface area (TPSA) is 96.8 Å². The number of piperidine rings is 1. The minimum Gasteiger partial charge on any atom is -0.341 e. The Hall–Kier alpha value is -3.37. The zero-order valence-electron chi connectivity index (χ0n) is 16.6. The molecule has 7 heteroatoms. The summed E-state index contributed by atoms with van der Waals surface area (Å²) in [5.41, 5.74) is 4.44. The first kappa shape index (κ1) is 19.0. The van der Waals surface area contributed by atoms with E-state index in [-0.39, 0.29) is 18.1 Å². The maximum atomic E-state index is 12.4. The quantitative estimate of drug-likeness (QED) is 0.637. The number of aromatic amines is 1. The van der Waals surface area contributed by atoms with E-state index in [0.29, 0.717) is 11.3 Å². The van der Waals surface area contributed by atoms with E-state index in [0.717, 1.165) is 36.2 Å². The van der Waals surface area contributed by atoms with Crippen LogP contribution in [0.3, 0.4) is 0 Å². The molecule has 1 saturated heterocycles. The standard InChI is InChI=1S/C22H24N6O/c1-14-3-8-18-19(11-14)27-21(26-18)20-12-17(9-10-28(20)2)25-22(29)24-16-6-4-15(13-23)5-7-16/h3-8,11,17,20H,9-10,12H2,1-2H3,(H,26,27)(H2,24,25,29). The van der Waals surface area contributed by atoms with E-state index in [1.807, 2.05) is 6.07 Å². The van der Waals surface area contributed by atoms with Gasteiger partial charge in [-0.1, -0.05) is 6.07 Å². The predicted octanol–water partition coefficient (Wildman–Crippen LogP) is 3.70. The number of hydrogen-bond acceptors (Lipinski definition) is 4. The van der Waals surface area contributed by atoms with E-state index < -0.39 is 0 Å². The molecule has 29 heavy (non-hydrogen) atoms. The Morgan fingerprint density at radius 1 is 1.28 bits per heavy atom. The van der Waals surface area contributed by atoms with Crippen LogP contribution >= 0.6 is 0 Å². The van der Waals surface area contributed by atoms with Crippen LogP contribution in [0.4, 0.5) is 10.5 Å². The molecule has 0 radical (unpaired) electrons. The van der Waals surface area contributed by atoms with Gasteiger partial charge in [-0.3, -0.25) is 4.90 Å². The number of likely N-dealkylation sites (tertiary alicyclic amines) is 1. The maximum Gasteiger partial charge on any atom is 0.319 e. The average Bonchev–Trinajstić information content (AvgIpc) is 3.13. The second-order valence-electron chi connectivity index (χ2n) is 7.65. The third-order valence-electron chi connectivity index (χ3n) is 5.45. The lowest BCUT2D eigenvalue weighted by molar-refractivity contribution is 0.153. The van der Waals surface area contributed by atoms with E-state index in [4.69, 9.17) is 10.2 Å². The van der Waals surface area contributed by atoms with Crippen molar-refractivity contribution in [3.05, 3.63) is 59.4 Å². The van der Waals surface area contributed by atoms with E-state index in [9.17, 15) is 4.79 Å². The molecule has 4 rings (SSSR count). The lowest BCUT2D eigenvalue weighted by Crippen LogP contribution is -2.46. The molecule has 0 spiro atoms. The molecule has 0 bridgehead atoms. The number of anilines is 1. The molecule has 2 heterocycles. The zero-order chi connectivity index (χ0) is 20.4. The highest BCUT2D eigenvalue weighted by Crippen LogP contribution is 2.29. The number of benzene rings is 2. The Balaban J connectivity index is 1.42. The number of imidazole rings is 1. The van der Waals surface area contributed by atoms with Gasteiger partial charge >= 0.3 is 6.03 Å². The number of amides is 2. The number of urea groups is 1. The van der Waals surface area contributed by atoms with Crippen LogP contribution in [0.2, 0.25) is 0 Å². The molecule has 0 aliphatic carbocycles. The van der Waals surface area contributed by atoms with Gasteiger partial charge in [0.15, 0.2) is 0 Å². The van der Waals surface area contributed by atoms with E-state index in [1.165, 1.54) is 5.56 Å². The molecule has 2 unspecified atom stereocenters. The molecule has 3 aromatic rings. The summed E-state index contributed by atoms with van der Waals surface area (Å²) in [4.78, 5) is 22.9. The number of carbonyl (C=O) groups is 1. The molecule has 2 amide bonds. The number of fused-ring (bicyclic) bond motifs is 1. The second kappa shape index (κ2) is 7.94. The smallest absolute Gasteiger partial charge is 0.319 e. The van der Waals surface area contributed by atoms with Crippen molar-refractivity contribution in [3.63, 3.8) is 0 Å². The molecule has 1 aliphatic rings. The Kier molecular flexibility index (Phi) is 5.19. The van der Waals surface area contributed by atoms with Crippen LogP contribution in [0.5, 0.6) is 0 Å². The number of rotatable bonds is 3. The molecule has 7 nitrogen and oxygen atoms in total. The van der Waals surface area contributed by atoms with Gasteiger partial charge in [-0.15, -0.1) is 0 Å². The third-order valence-corrected chi connectivity index (χ3v) is 5.45. The molecule has 2 aromatic carbocycles. The SMILES string of the molecule is Cc1ccc2nc(C3CC(NC(=O)Nc4ccc(C#N)cc4)CCN3C)[nH]c2c1. The van der Waals surface area contributed by atoms with Crippen LogP contribution < -0.4 is 10.6 Å². The Morgan fingerprint density at radius 2 is 2.07 bits per heavy atom. The van der Waals surface area contributed by atoms with E-state index in [1.54, 1.807) is 24.3 Å². The van der Waals surface area contributed by atoms with Gasteiger partial charge in [-0.2, -0.15) is 5.26 Å². The molecule has 1 aromatic heterocycles. The summed E-state index contributed by atoms with van der Waals surface area (Å²) in [6, 6.07) is 15.1. The molecule has 3 N–H and O–H groups in total. The number of nitrogens with zero attached hydrogens (tertiary/aromatic N) is 3. The molecule has 0 saturated carbocycles. The first-order valence-corrected chi connectivity index (χ1v) is 9.76. The van der Waals surface area contributed by atoms with Crippen molar-refractivity contribution >= 4 is 22.8 Å². The first-order chi connectivity index (χ1) is 14.0. The van der Waals surface area contributed by atoms with Crippen molar-refractivity contribution in [2.24, 2.45) is 0 Å². The summed E-state index contributed by atoms with van der Waals surface area (Å²) < 4.78 is 0. The number of nitriles is 1.